The van der Waals surface area contributed by atoms with E-state index in [1.165, 1.54) is 0 Å². The van der Waals surface area contributed by atoms with Crippen LogP contribution in [0.15, 0.2) is 334 Å². The van der Waals surface area contributed by atoms with Crippen LogP contribution in [0.2, 0.25) is 0 Å². The molecule has 8 aromatic heterocycles. The summed E-state index contributed by atoms with van der Waals surface area (Å²) in [4.78, 5) is 0. The van der Waals surface area contributed by atoms with Crippen LogP contribution in [0, 0.1) is 93.8 Å². The second-order valence-electron chi connectivity index (χ2n) is 36.1. The number of rotatable bonds is 10. The first-order valence-electron chi connectivity index (χ1n) is 44.9. The van der Waals surface area contributed by atoms with E-state index in [0.717, 1.165) is 225 Å². The minimum absolute atomic E-state index is 0.330. The molecule has 132 heavy (non-hydrogen) atoms. The van der Waals surface area contributed by atoms with Crippen LogP contribution >= 0.6 is 0 Å². The maximum absolute atomic E-state index is 13.4. The highest BCUT2D eigenvalue weighted by molar-refractivity contribution is 6.20. The lowest BCUT2D eigenvalue weighted by Gasteiger charge is -2.27. The van der Waals surface area contributed by atoms with E-state index in [1.54, 1.807) is 0 Å². The number of hydrogen-bond donors (Lipinski definition) is 0. The number of para-hydroxylation sites is 7. The van der Waals surface area contributed by atoms with Gasteiger partial charge in [0.05, 0.1) is 134 Å². The molecule has 0 aliphatic heterocycles. The molecule has 26 rings (SSSR count). The normalized spacial score (nSPS) is 12.1. The number of hydrogen-bond acceptors (Lipinski definition) is 4. The minimum Gasteiger partial charge on any atom is -0.306 e. The Bertz CT molecular complexity index is 9440. The summed E-state index contributed by atoms with van der Waals surface area (Å²) in [5, 5.41) is 68.7. The average molecular weight is 1690 g/mol. The molecule has 0 saturated carbocycles. The zero-order valence-corrected chi connectivity index (χ0v) is 73.3. The van der Waals surface area contributed by atoms with Gasteiger partial charge in [0.1, 0.15) is 46.5 Å². The number of benzene rings is 18. The van der Waals surface area contributed by atoms with E-state index in [-0.39, 0.29) is 0 Å². The molecule has 0 spiro atoms. The Balaban J connectivity index is 0.754. The number of aryl methyl sites for hydroxylation is 7. The molecule has 26 aromatic rings. The largest absolute Gasteiger partial charge is 0.306 e. The summed E-state index contributed by atoms with van der Waals surface area (Å²) in [5.41, 5.74) is 30.2. The predicted octanol–water partition coefficient (Wildman–Crippen LogP) is 29.7. The van der Waals surface area contributed by atoms with Crippen molar-refractivity contribution in [3.8, 4) is 69.8 Å². The molecule has 0 saturated heterocycles. The molecule has 0 aliphatic carbocycles. The van der Waals surface area contributed by atoms with Gasteiger partial charge in [-0.15, -0.1) is 0 Å². The molecule has 0 amide bonds. The molecule has 0 atom stereocenters. The Morgan fingerprint density at radius 1 is 0.159 bits per heavy atom. The van der Waals surface area contributed by atoms with Crippen molar-refractivity contribution in [3.63, 3.8) is 0 Å². The number of nitrogens with zero attached hydrogens (tertiary/aromatic N) is 12. The van der Waals surface area contributed by atoms with Crippen molar-refractivity contribution < 1.29 is 0 Å². The summed E-state index contributed by atoms with van der Waals surface area (Å²) in [6, 6.07) is 131. The molecule has 0 bridgehead atoms. The van der Waals surface area contributed by atoms with Gasteiger partial charge in [0.25, 0.3) is 0 Å². The van der Waals surface area contributed by atoms with Crippen LogP contribution in [0.3, 0.4) is 0 Å². The monoisotopic (exact) mass is 1690 g/mol. The van der Waals surface area contributed by atoms with Gasteiger partial charge in [-0.05, 0) is 218 Å². The third-order valence-electron chi connectivity index (χ3n) is 28.1. The number of nitriles is 4. The quantitative estimate of drug-likeness (QED) is 0.135. The van der Waals surface area contributed by atoms with E-state index in [4.69, 9.17) is 0 Å². The summed E-state index contributed by atoms with van der Waals surface area (Å²) in [6.45, 7) is 15.0. The van der Waals surface area contributed by atoms with Crippen LogP contribution in [0.5, 0.6) is 0 Å². The molecule has 12 nitrogen and oxygen atoms in total. The van der Waals surface area contributed by atoms with Crippen molar-refractivity contribution in [3.05, 3.63) is 406 Å². The van der Waals surface area contributed by atoms with Crippen molar-refractivity contribution in [1.82, 2.24) is 36.5 Å². The van der Waals surface area contributed by atoms with Crippen molar-refractivity contribution in [2.24, 2.45) is 0 Å². The summed E-state index contributed by atoms with van der Waals surface area (Å²) in [7, 11) is 0. The van der Waals surface area contributed by atoms with Crippen LogP contribution in [0.1, 0.15) is 72.3 Å². The molecule has 0 fully saturated rings. The summed E-state index contributed by atoms with van der Waals surface area (Å²) in [6.07, 6.45) is 0.518. The Morgan fingerprint density at radius 2 is 0.311 bits per heavy atom. The summed E-state index contributed by atoms with van der Waals surface area (Å²) < 4.78 is 18.3. The van der Waals surface area contributed by atoms with E-state index >= 15 is 0 Å². The van der Waals surface area contributed by atoms with Crippen molar-refractivity contribution in [2.45, 2.75) is 54.9 Å². The molecule has 618 valence electrons. The van der Waals surface area contributed by atoms with Gasteiger partial charge in [-0.25, -0.2) is 0 Å². The summed E-state index contributed by atoms with van der Waals surface area (Å²) >= 11 is 0. The van der Waals surface area contributed by atoms with Gasteiger partial charge >= 0.3 is 0 Å². The first-order chi connectivity index (χ1) is 64.7. The minimum atomic E-state index is 0.330. The number of aromatic nitrogens is 8. The highest BCUT2D eigenvalue weighted by Gasteiger charge is 2.38. The predicted molar refractivity (Wildman–Crippen MR) is 542 cm³/mol. The topological polar surface area (TPSA) is 135 Å². The molecule has 0 N–H and O–H groups in total. The molecule has 0 radical (unpaired) electrons. The molecule has 8 heterocycles. The smallest absolute Gasteiger partial charge is 0.104 e. The van der Waals surface area contributed by atoms with E-state index in [9.17, 15) is 21.0 Å². The molecule has 12 heteroatoms. The third-order valence-corrected chi connectivity index (χ3v) is 28.1. The van der Waals surface area contributed by atoms with E-state index in [0.29, 0.717) is 74.2 Å². The van der Waals surface area contributed by atoms with Gasteiger partial charge < -0.3 is 36.5 Å². The Hall–Kier alpha value is -17.7. The average Bonchev–Trinajstić information content (AvgIpc) is 1.50. The highest BCUT2D eigenvalue weighted by Crippen LogP contribution is 2.54. The van der Waals surface area contributed by atoms with Crippen molar-refractivity contribution in [1.29, 1.82) is 21.0 Å². The Morgan fingerprint density at radius 3 is 0.530 bits per heavy atom. The van der Waals surface area contributed by atoms with Crippen molar-refractivity contribution >= 4 is 174 Å². The van der Waals surface area contributed by atoms with Gasteiger partial charge in [0, 0.05) is 86.2 Å². The molecule has 0 aliphatic rings. The standard InChI is InChI=1S/C120H78N12/c1-68-36-45-104-84(54-68)85-55-69(2)37-46-105(85)128(104)114-95(66-123)116(130-108-49-40-72(5)58-88(108)89-59-73(6)41-50-109(89)130)117(96(67-124)115(114)129-106-47-38-70(3)56-86(106)87-57-71(4)39-48-107(87)129)131-110-51-42-74(7)60-90(110)92-63-76(44-53-112(92)131)61-75-43-52-111-91(62-75)83-28-14-21-35-103(83)132(111)120-118(126-99-31-17-10-24-79(99)80-25-11-18-32-100(80)126)93(64-121)113(125-97-29-15-8-22-77(97)78-23-9-16-30-98(78)125)94(65-122)119(120)127-101-33-19-12-26-81(101)82-27-13-20-34-102(82)127/h8-60,62-63H,61H2,1-7H3. The SMILES string of the molecule is Cc1ccc2c(c1)c1cc(C)ccc1n2-c1c(C#N)c(-n2c3ccc(C)cc3c3cc(C)ccc32)c(-n2c3ccc(C)cc3c3cc(Cc4ccc5c(c4)c4ccccc4n5-c4c(-n5c6ccccc6c6ccccc65)c(C#N)c(-n5c6ccccc6c6ccccc65)c(C#N)c4-n4c5ccccc5c5ccccc54)ccc32)c(C#N)c1-n1c2ccc(C)cc2c2cc(C)ccc21. The van der Waals surface area contributed by atoms with Gasteiger partial charge in [-0.3, -0.25) is 0 Å². The third kappa shape index (κ3) is 10.5. The summed E-state index contributed by atoms with van der Waals surface area (Å²) in [5.74, 6) is 0. The van der Waals surface area contributed by atoms with Gasteiger partial charge in [0.2, 0.25) is 0 Å². The zero-order chi connectivity index (χ0) is 88.6. The van der Waals surface area contributed by atoms with E-state index in [2.05, 4.69) is 431 Å². The fourth-order valence-electron chi connectivity index (χ4n) is 22.7. The maximum atomic E-state index is 13.4. The van der Waals surface area contributed by atoms with E-state index in [1.807, 2.05) is 12.1 Å². The highest BCUT2D eigenvalue weighted by atomic mass is 15.1. The first-order valence-corrected chi connectivity index (χ1v) is 44.9. The molecular weight excluding hydrogens is 1610 g/mol. The van der Waals surface area contributed by atoms with Crippen LogP contribution in [-0.2, 0) is 6.42 Å². The fraction of sp³-hybridized carbons (Fsp3) is 0.0667. The van der Waals surface area contributed by atoms with Crippen LogP contribution in [-0.4, -0.2) is 36.5 Å². The van der Waals surface area contributed by atoms with Gasteiger partial charge in [-0.2, -0.15) is 21.0 Å². The van der Waals surface area contributed by atoms with E-state index < -0.39 is 0 Å². The lowest BCUT2D eigenvalue weighted by molar-refractivity contribution is 1.02. The maximum Gasteiger partial charge on any atom is 0.104 e. The lowest BCUT2D eigenvalue weighted by atomic mass is 9.98. The van der Waals surface area contributed by atoms with Crippen LogP contribution in [0.4, 0.5) is 0 Å². The van der Waals surface area contributed by atoms with Gasteiger partial charge in [0.15, 0.2) is 0 Å². The molecular formula is C120H78N12. The second-order valence-corrected chi connectivity index (χ2v) is 36.1. The Kier molecular flexibility index (Phi) is 16.1. The molecule has 18 aromatic carbocycles. The zero-order valence-electron chi connectivity index (χ0n) is 73.3. The lowest BCUT2D eigenvalue weighted by Crippen LogP contribution is -2.17. The first kappa shape index (κ1) is 75.6. The molecule has 0 unspecified atom stereocenters. The van der Waals surface area contributed by atoms with Crippen LogP contribution < -0.4 is 0 Å². The van der Waals surface area contributed by atoms with Crippen molar-refractivity contribution in [2.75, 3.05) is 0 Å². The van der Waals surface area contributed by atoms with Crippen LogP contribution in [0.25, 0.3) is 220 Å². The van der Waals surface area contributed by atoms with Gasteiger partial charge in [-0.1, -0.05) is 221 Å². The fourth-order valence-corrected chi connectivity index (χ4v) is 22.7. The Labute approximate surface area is 757 Å². The number of fused-ring (bicyclic) bond motifs is 24. The second kappa shape index (κ2) is 28.2.